The predicted octanol–water partition coefficient (Wildman–Crippen LogP) is 2.67. The van der Waals surface area contributed by atoms with Crippen LogP contribution in [-0.4, -0.2) is 34.4 Å². The highest BCUT2D eigenvalue weighted by Gasteiger charge is 2.27. The fourth-order valence-electron chi connectivity index (χ4n) is 2.38. The average molecular weight is 350 g/mol. The van der Waals surface area contributed by atoms with Crippen molar-refractivity contribution in [3.63, 3.8) is 0 Å². The third kappa shape index (κ3) is 3.18. The minimum Gasteiger partial charge on any atom is -0.237 e. The molecule has 8 heteroatoms. The van der Waals surface area contributed by atoms with Crippen LogP contribution in [0.15, 0.2) is 38.6 Å². The Balaban J connectivity index is 2.01. The maximum atomic E-state index is 12.5. The number of fused-ring (bicyclic) bond motifs is 1. The molecule has 0 aliphatic carbocycles. The van der Waals surface area contributed by atoms with Crippen LogP contribution in [0.2, 0.25) is 0 Å². The molecule has 3 rings (SSSR count). The summed E-state index contributed by atoms with van der Waals surface area (Å²) in [6.07, 6.45) is 0.478. The summed E-state index contributed by atoms with van der Waals surface area (Å²) in [5.74, 6) is 0. The van der Waals surface area contributed by atoms with E-state index in [4.69, 9.17) is 0 Å². The van der Waals surface area contributed by atoms with Gasteiger partial charge in [-0.25, -0.2) is 4.68 Å². The van der Waals surface area contributed by atoms with Crippen molar-refractivity contribution >= 4 is 27.5 Å². The number of nitrogens with zero attached hydrogens (tertiary/aromatic N) is 4. The molecule has 0 spiro atoms. The molecule has 0 bridgehead atoms. The van der Waals surface area contributed by atoms with E-state index in [0.29, 0.717) is 23.1 Å². The second-order valence-corrected chi connectivity index (χ2v) is 8.56. The second-order valence-electron chi connectivity index (χ2n) is 5.53. The Morgan fingerprint density at radius 1 is 1.39 bits per heavy atom. The van der Waals surface area contributed by atoms with Gasteiger partial charge in [-0.1, -0.05) is 48.5 Å². The van der Waals surface area contributed by atoms with Crippen molar-refractivity contribution in [3.05, 3.63) is 35.5 Å². The van der Waals surface area contributed by atoms with Gasteiger partial charge in [0.15, 0.2) is 0 Å². The van der Waals surface area contributed by atoms with Gasteiger partial charge >= 0.3 is 0 Å². The Labute approximate surface area is 140 Å². The minimum atomic E-state index is -3.74. The van der Waals surface area contributed by atoms with Gasteiger partial charge in [0.05, 0.1) is 17.2 Å². The Bertz CT molecular complexity index is 854. The number of hydrogen-bond acceptors (Lipinski definition) is 5. The van der Waals surface area contributed by atoms with Gasteiger partial charge in [-0.05, 0) is 25.5 Å². The molecule has 0 amide bonds. The second kappa shape index (κ2) is 6.09. The maximum Gasteiger partial charge on any atom is 0.282 e. The van der Waals surface area contributed by atoms with Gasteiger partial charge in [-0.15, -0.1) is 5.10 Å². The lowest BCUT2D eigenvalue weighted by atomic mass is 10.2. The first-order valence-corrected chi connectivity index (χ1v) is 9.73. The van der Waals surface area contributed by atoms with Crippen LogP contribution >= 0.6 is 11.8 Å². The summed E-state index contributed by atoms with van der Waals surface area (Å²) in [5, 5.41) is 9.54. The number of aryl methyl sites for hydroxylation is 1. The standard InChI is InChI=1S/C15H18N4O2S2/c1-4-13(14-15-19(18-16-14)9-11(3)22-15)17-23(20,21)12-7-5-10(2)6-8-12/h5-8,11H,4,9H2,1-3H3/b17-13+. The van der Waals surface area contributed by atoms with E-state index in [1.165, 1.54) is 0 Å². The number of hydrogen-bond donors (Lipinski definition) is 0. The minimum absolute atomic E-state index is 0.193. The van der Waals surface area contributed by atoms with Crippen molar-refractivity contribution < 1.29 is 8.42 Å². The number of sulfonamides is 1. The SMILES string of the molecule is CC/C(=N\S(=O)(=O)c1ccc(C)cc1)c1nnn2c1SC(C)C2. The summed E-state index contributed by atoms with van der Waals surface area (Å²) in [6, 6.07) is 6.69. The van der Waals surface area contributed by atoms with Gasteiger partial charge in [0.25, 0.3) is 10.0 Å². The smallest absolute Gasteiger partial charge is 0.237 e. The zero-order valence-corrected chi connectivity index (χ0v) is 14.9. The van der Waals surface area contributed by atoms with Crippen LogP contribution in [0.5, 0.6) is 0 Å². The van der Waals surface area contributed by atoms with Crippen molar-refractivity contribution in [1.29, 1.82) is 0 Å². The Morgan fingerprint density at radius 3 is 2.74 bits per heavy atom. The van der Waals surface area contributed by atoms with Crippen LogP contribution in [0.1, 0.15) is 31.5 Å². The fraction of sp³-hybridized carbons (Fsp3) is 0.400. The van der Waals surface area contributed by atoms with Crippen LogP contribution in [-0.2, 0) is 16.6 Å². The van der Waals surface area contributed by atoms with Crippen molar-refractivity contribution in [2.75, 3.05) is 0 Å². The number of rotatable bonds is 4. The third-order valence-electron chi connectivity index (χ3n) is 3.59. The lowest BCUT2D eigenvalue weighted by Gasteiger charge is -2.04. The quantitative estimate of drug-likeness (QED) is 0.792. The molecular formula is C15H18N4O2S2. The summed E-state index contributed by atoms with van der Waals surface area (Å²) in [5.41, 5.74) is 2.04. The Morgan fingerprint density at radius 2 is 2.09 bits per heavy atom. The van der Waals surface area contributed by atoms with Crippen molar-refractivity contribution in [1.82, 2.24) is 15.0 Å². The van der Waals surface area contributed by atoms with Crippen LogP contribution in [0, 0.1) is 6.92 Å². The van der Waals surface area contributed by atoms with Crippen molar-refractivity contribution in [3.8, 4) is 0 Å². The topological polar surface area (TPSA) is 77.2 Å². The van der Waals surface area contributed by atoms with Gasteiger partial charge in [0.2, 0.25) is 0 Å². The summed E-state index contributed by atoms with van der Waals surface area (Å²) < 4.78 is 30.9. The molecule has 1 aliphatic heterocycles. The molecule has 1 unspecified atom stereocenters. The third-order valence-corrected chi connectivity index (χ3v) is 6.10. The first-order valence-electron chi connectivity index (χ1n) is 7.41. The lowest BCUT2D eigenvalue weighted by molar-refractivity contribution is 0.573. The van der Waals surface area contributed by atoms with Crippen LogP contribution in [0.3, 0.4) is 0 Å². The first-order chi connectivity index (χ1) is 10.9. The number of benzene rings is 1. The van der Waals surface area contributed by atoms with E-state index in [-0.39, 0.29) is 4.90 Å². The van der Waals surface area contributed by atoms with E-state index < -0.39 is 10.0 Å². The molecule has 0 saturated carbocycles. The monoisotopic (exact) mass is 350 g/mol. The first kappa shape index (κ1) is 16.2. The molecule has 1 aromatic carbocycles. The number of aromatic nitrogens is 3. The van der Waals surface area contributed by atoms with E-state index in [2.05, 4.69) is 21.6 Å². The summed E-state index contributed by atoms with van der Waals surface area (Å²) in [7, 11) is -3.74. The van der Waals surface area contributed by atoms with E-state index in [1.54, 1.807) is 36.0 Å². The summed E-state index contributed by atoms with van der Waals surface area (Å²) in [4.78, 5) is 0.193. The summed E-state index contributed by atoms with van der Waals surface area (Å²) in [6.45, 7) is 6.68. The van der Waals surface area contributed by atoms with Gasteiger partial charge < -0.3 is 0 Å². The highest BCUT2D eigenvalue weighted by molar-refractivity contribution is 8.00. The Kier molecular flexibility index (Phi) is 4.29. The van der Waals surface area contributed by atoms with E-state index in [1.807, 2.05) is 18.5 Å². The molecule has 2 heterocycles. The molecule has 1 atom stereocenters. The van der Waals surface area contributed by atoms with Crippen LogP contribution < -0.4 is 0 Å². The Hall–Kier alpha value is -1.67. The van der Waals surface area contributed by atoms with E-state index in [9.17, 15) is 8.42 Å². The average Bonchev–Trinajstić information content (AvgIpc) is 3.04. The van der Waals surface area contributed by atoms with Gasteiger partial charge in [0, 0.05) is 5.25 Å². The van der Waals surface area contributed by atoms with Crippen LogP contribution in [0.4, 0.5) is 0 Å². The molecule has 2 aromatic rings. The molecule has 0 saturated heterocycles. The molecule has 0 radical (unpaired) electrons. The molecule has 6 nitrogen and oxygen atoms in total. The van der Waals surface area contributed by atoms with Crippen molar-refractivity contribution in [2.24, 2.45) is 4.40 Å². The van der Waals surface area contributed by atoms with Crippen LogP contribution in [0.25, 0.3) is 0 Å². The highest BCUT2D eigenvalue weighted by Crippen LogP contribution is 2.33. The van der Waals surface area contributed by atoms with Gasteiger partial charge in [-0.2, -0.15) is 12.8 Å². The van der Waals surface area contributed by atoms with Crippen molar-refractivity contribution in [2.45, 2.75) is 48.9 Å². The predicted molar refractivity (Wildman–Crippen MR) is 90.5 cm³/mol. The largest absolute Gasteiger partial charge is 0.282 e. The van der Waals surface area contributed by atoms with E-state index >= 15 is 0 Å². The summed E-state index contributed by atoms with van der Waals surface area (Å²) >= 11 is 1.65. The molecule has 122 valence electrons. The zero-order chi connectivity index (χ0) is 16.6. The fourth-order valence-corrected chi connectivity index (χ4v) is 4.57. The van der Waals surface area contributed by atoms with Gasteiger partial charge in [-0.3, -0.25) is 0 Å². The van der Waals surface area contributed by atoms with E-state index in [0.717, 1.165) is 17.1 Å². The molecule has 0 N–H and O–H groups in total. The molecule has 1 aliphatic rings. The lowest BCUT2D eigenvalue weighted by Crippen LogP contribution is -2.07. The van der Waals surface area contributed by atoms with Gasteiger partial charge in [0.1, 0.15) is 10.7 Å². The maximum absolute atomic E-state index is 12.5. The molecule has 1 aromatic heterocycles. The molecule has 23 heavy (non-hydrogen) atoms. The zero-order valence-electron chi connectivity index (χ0n) is 13.2. The molecule has 0 fully saturated rings. The number of thioether (sulfide) groups is 1. The highest BCUT2D eigenvalue weighted by atomic mass is 32.2. The normalized spacial score (nSPS) is 18.2. The molecular weight excluding hydrogens is 332 g/mol.